The molecule has 0 radical (unpaired) electrons. The summed E-state index contributed by atoms with van der Waals surface area (Å²) in [5.41, 5.74) is 0. The van der Waals surface area contributed by atoms with Crippen molar-refractivity contribution in [3.05, 3.63) is 11.1 Å². The van der Waals surface area contributed by atoms with Gasteiger partial charge in [0.05, 0.1) is 11.6 Å². The highest BCUT2D eigenvalue weighted by Crippen LogP contribution is 2.27. The van der Waals surface area contributed by atoms with Gasteiger partial charge in [0.25, 0.3) is 0 Å². The van der Waals surface area contributed by atoms with Crippen molar-refractivity contribution in [2.75, 3.05) is 11.4 Å². The topological polar surface area (TPSA) is 57.0 Å². The molecule has 1 amide bonds. The van der Waals surface area contributed by atoms with Crippen LogP contribution in [0, 0.1) is 11.3 Å². The van der Waals surface area contributed by atoms with Gasteiger partial charge in [-0.25, -0.2) is 4.98 Å². The van der Waals surface area contributed by atoms with Crippen molar-refractivity contribution in [3.8, 4) is 6.07 Å². The maximum atomic E-state index is 11.4. The Labute approximate surface area is 89.7 Å². The molecule has 0 aromatic carbocycles. The SMILES string of the molecule is N#Cc1cnc(N2CC(Cl)CC2=O)s1. The smallest absolute Gasteiger partial charge is 0.230 e. The fourth-order valence-electron chi connectivity index (χ4n) is 1.29. The van der Waals surface area contributed by atoms with Crippen LogP contribution in [-0.2, 0) is 4.79 Å². The second kappa shape index (κ2) is 3.56. The number of alkyl halides is 1. The zero-order valence-electron chi connectivity index (χ0n) is 7.11. The number of hydrogen-bond acceptors (Lipinski definition) is 4. The molecule has 0 spiro atoms. The van der Waals surface area contributed by atoms with Gasteiger partial charge in [-0.2, -0.15) is 5.26 Å². The van der Waals surface area contributed by atoms with Gasteiger partial charge >= 0.3 is 0 Å². The number of halogens is 1. The lowest BCUT2D eigenvalue weighted by Gasteiger charge is -2.10. The predicted octanol–water partition coefficient (Wildman–Crippen LogP) is 1.36. The highest BCUT2D eigenvalue weighted by molar-refractivity contribution is 7.16. The molecule has 0 bridgehead atoms. The normalized spacial score (nSPS) is 21.3. The van der Waals surface area contributed by atoms with E-state index < -0.39 is 0 Å². The maximum Gasteiger partial charge on any atom is 0.230 e. The van der Waals surface area contributed by atoms with Crippen LogP contribution in [0.15, 0.2) is 6.20 Å². The summed E-state index contributed by atoms with van der Waals surface area (Å²) in [7, 11) is 0. The summed E-state index contributed by atoms with van der Waals surface area (Å²) in [6.45, 7) is 0.485. The van der Waals surface area contributed by atoms with E-state index in [1.807, 2.05) is 6.07 Å². The van der Waals surface area contributed by atoms with Crippen LogP contribution in [-0.4, -0.2) is 22.8 Å². The minimum Gasteiger partial charge on any atom is -0.287 e. The number of hydrogen-bond donors (Lipinski definition) is 0. The molecule has 1 aliphatic rings. The first kappa shape index (κ1) is 9.44. The standard InChI is InChI=1S/C8H6ClN3OS/c9-5-1-7(13)12(4-5)8-11-3-6(2-10)14-8/h3,5H,1,4H2. The molecule has 1 aromatic heterocycles. The molecule has 1 fully saturated rings. The van der Waals surface area contributed by atoms with Crippen LogP contribution in [0.25, 0.3) is 0 Å². The van der Waals surface area contributed by atoms with Gasteiger partial charge in [0.15, 0.2) is 5.13 Å². The molecule has 14 heavy (non-hydrogen) atoms. The molecule has 2 rings (SSSR count). The average Bonchev–Trinajstić information content (AvgIpc) is 2.71. The number of nitrogens with zero attached hydrogens (tertiary/aromatic N) is 3. The van der Waals surface area contributed by atoms with E-state index in [1.165, 1.54) is 22.4 Å². The second-order valence-corrected chi connectivity index (χ2v) is 4.55. The summed E-state index contributed by atoms with van der Waals surface area (Å²) in [6, 6.07) is 1.98. The molecule has 0 N–H and O–H groups in total. The third-order valence-corrected chi connectivity index (χ3v) is 3.13. The van der Waals surface area contributed by atoms with Crippen molar-refractivity contribution in [1.82, 2.24) is 4.98 Å². The van der Waals surface area contributed by atoms with Gasteiger partial charge in [0.1, 0.15) is 10.9 Å². The number of carbonyl (C=O) groups excluding carboxylic acids is 1. The molecule has 72 valence electrons. The Morgan fingerprint density at radius 3 is 3.07 bits per heavy atom. The fraction of sp³-hybridized carbons (Fsp3) is 0.375. The Hall–Kier alpha value is -1.12. The number of amides is 1. The van der Waals surface area contributed by atoms with Crippen molar-refractivity contribution < 1.29 is 4.79 Å². The monoisotopic (exact) mass is 227 g/mol. The summed E-state index contributed by atoms with van der Waals surface area (Å²) in [6.07, 6.45) is 1.82. The van der Waals surface area contributed by atoms with E-state index in [0.717, 1.165) is 0 Å². The predicted molar refractivity (Wildman–Crippen MR) is 53.4 cm³/mol. The van der Waals surface area contributed by atoms with Gasteiger partial charge in [0.2, 0.25) is 5.91 Å². The average molecular weight is 228 g/mol. The summed E-state index contributed by atoms with van der Waals surface area (Å²) in [4.78, 5) is 17.4. The number of nitriles is 1. The minimum absolute atomic E-state index is 0.0242. The van der Waals surface area contributed by atoms with Crippen LogP contribution in [0.3, 0.4) is 0 Å². The van der Waals surface area contributed by atoms with Crippen molar-refractivity contribution >= 4 is 34.0 Å². The Morgan fingerprint density at radius 2 is 2.57 bits per heavy atom. The molecular weight excluding hydrogens is 222 g/mol. The molecule has 1 saturated heterocycles. The van der Waals surface area contributed by atoms with Gasteiger partial charge in [0, 0.05) is 13.0 Å². The van der Waals surface area contributed by atoms with Crippen molar-refractivity contribution in [2.45, 2.75) is 11.8 Å². The highest BCUT2D eigenvalue weighted by Gasteiger charge is 2.30. The molecule has 2 heterocycles. The van der Waals surface area contributed by atoms with Gasteiger partial charge in [-0.1, -0.05) is 11.3 Å². The number of aromatic nitrogens is 1. The zero-order valence-corrected chi connectivity index (χ0v) is 8.68. The highest BCUT2D eigenvalue weighted by atomic mass is 35.5. The third kappa shape index (κ3) is 1.59. The van der Waals surface area contributed by atoms with Crippen molar-refractivity contribution in [3.63, 3.8) is 0 Å². The molecule has 6 heteroatoms. The van der Waals surface area contributed by atoms with Crippen LogP contribution in [0.1, 0.15) is 11.3 Å². The lowest BCUT2D eigenvalue weighted by atomic mass is 10.4. The molecule has 0 aliphatic carbocycles. The number of rotatable bonds is 1. The number of thiazole rings is 1. The maximum absolute atomic E-state index is 11.4. The summed E-state index contributed by atoms with van der Waals surface area (Å²) in [5.74, 6) is -0.0242. The molecule has 1 unspecified atom stereocenters. The van der Waals surface area contributed by atoms with E-state index in [-0.39, 0.29) is 11.3 Å². The molecule has 4 nitrogen and oxygen atoms in total. The van der Waals surface area contributed by atoms with Crippen LogP contribution < -0.4 is 4.90 Å². The van der Waals surface area contributed by atoms with E-state index in [9.17, 15) is 4.79 Å². The quantitative estimate of drug-likeness (QED) is 0.681. The zero-order chi connectivity index (χ0) is 10.1. The lowest BCUT2D eigenvalue weighted by molar-refractivity contribution is -0.117. The number of carbonyl (C=O) groups is 1. The Kier molecular flexibility index (Phi) is 2.40. The van der Waals surface area contributed by atoms with E-state index in [2.05, 4.69) is 4.98 Å². The van der Waals surface area contributed by atoms with E-state index in [1.54, 1.807) is 0 Å². The van der Waals surface area contributed by atoms with Gasteiger partial charge in [-0.15, -0.1) is 11.6 Å². The van der Waals surface area contributed by atoms with Crippen molar-refractivity contribution in [1.29, 1.82) is 5.26 Å². The summed E-state index contributed by atoms with van der Waals surface area (Å²) in [5, 5.41) is 9.03. The first-order valence-corrected chi connectivity index (χ1v) is 5.26. The van der Waals surface area contributed by atoms with Gasteiger partial charge < -0.3 is 0 Å². The third-order valence-electron chi connectivity index (χ3n) is 1.91. The van der Waals surface area contributed by atoms with E-state index >= 15 is 0 Å². The number of anilines is 1. The van der Waals surface area contributed by atoms with Gasteiger partial charge in [-0.3, -0.25) is 9.69 Å². The molecular formula is C8H6ClN3OS. The summed E-state index contributed by atoms with van der Waals surface area (Å²) >= 11 is 7.05. The largest absolute Gasteiger partial charge is 0.287 e. The molecule has 1 atom stereocenters. The molecule has 0 saturated carbocycles. The van der Waals surface area contributed by atoms with Crippen LogP contribution in [0.5, 0.6) is 0 Å². The first-order chi connectivity index (χ1) is 6.70. The Bertz CT molecular complexity index is 411. The second-order valence-electron chi connectivity index (χ2n) is 2.92. The fourth-order valence-corrected chi connectivity index (χ4v) is 2.30. The summed E-state index contributed by atoms with van der Waals surface area (Å²) < 4.78 is 0. The van der Waals surface area contributed by atoms with Crippen molar-refractivity contribution in [2.24, 2.45) is 0 Å². The Balaban J connectivity index is 2.24. The van der Waals surface area contributed by atoms with Gasteiger partial charge in [-0.05, 0) is 0 Å². The molecule has 1 aliphatic heterocycles. The van der Waals surface area contributed by atoms with E-state index in [4.69, 9.17) is 16.9 Å². The van der Waals surface area contributed by atoms with Crippen LogP contribution >= 0.6 is 22.9 Å². The van der Waals surface area contributed by atoms with E-state index in [0.29, 0.717) is 23.0 Å². The lowest BCUT2D eigenvalue weighted by Crippen LogP contribution is -2.24. The Morgan fingerprint density at radius 1 is 1.79 bits per heavy atom. The first-order valence-electron chi connectivity index (χ1n) is 4.01. The van der Waals surface area contributed by atoms with Crippen LogP contribution in [0.2, 0.25) is 0 Å². The minimum atomic E-state index is -0.142. The van der Waals surface area contributed by atoms with Crippen LogP contribution in [0.4, 0.5) is 5.13 Å². The molecule has 1 aromatic rings.